The monoisotopic (exact) mass is 606 g/mol. The van der Waals surface area contributed by atoms with Crippen LogP contribution in [0.1, 0.15) is 148 Å². The Morgan fingerprint density at radius 3 is 1.48 bits per heavy atom. The summed E-state index contributed by atoms with van der Waals surface area (Å²) in [5, 5.41) is 0.351. The number of unbranched alkanes of at least 4 members (excludes halogenated alkanes) is 12. The maximum atomic E-state index is 13.8. The summed E-state index contributed by atoms with van der Waals surface area (Å²) in [4.78, 5) is 76.6. The molecule has 0 aromatic heterocycles. The molecule has 2 unspecified atom stereocenters. The van der Waals surface area contributed by atoms with E-state index in [4.69, 9.17) is 11.5 Å². The van der Waals surface area contributed by atoms with Gasteiger partial charge in [-0.3, -0.25) is 28.8 Å². The average molecular weight is 607 g/mol. The van der Waals surface area contributed by atoms with Crippen LogP contribution in [0, 0.1) is 11.8 Å². The lowest BCUT2D eigenvalue weighted by Crippen LogP contribution is -2.32. The number of aldehydes is 1. The molecule has 0 saturated heterocycles. The number of primary amides is 2. The Labute approximate surface area is 261 Å². The van der Waals surface area contributed by atoms with E-state index in [1.165, 1.54) is 37.1 Å². The van der Waals surface area contributed by atoms with Gasteiger partial charge >= 0.3 is 0 Å². The quantitative estimate of drug-likeness (QED) is 0.0428. The molecule has 0 bridgehead atoms. The molecule has 0 radical (unpaired) electrons. The lowest BCUT2D eigenvalue weighted by molar-refractivity contribution is -0.121. The fraction of sp³-hybridized carbons (Fsp3) is 0.556. The maximum Gasteiger partial charge on any atom is 0.228 e. The number of nitrogens with two attached hydrogens (primary N) is 2. The van der Waals surface area contributed by atoms with Gasteiger partial charge in [0, 0.05) is 22.1 Å². The van der Waals surface area contributed by atoms with E-state index in [0.29, 0.717) is 19.3 Å². The Morgan fingerprint density at radius 2 is 1.02 bits per heavy atom. The number of amides is 2. The van der Waals surface area contributed by atoms with Crippen molar-refractivity contribution in [3.8, 4) is 0 Å². The molecule has 0 saturated carbocycles. The highest BCUT2D eigenvalue weighted by atomic mass is 16.2. The number of Topliss-reactive ketones (excluding diaryl/α,β-unsaturated/α-hetero) is 3. The number of rotatable bonds is 24. The fourth-order valence-electron chi connectivity index (χ4n) is 5.89. The molecule has 2 amide bonds. The Morgan fingerprint density at radius 1 is 0.591 bits per heavy atom. The van der Waals surface area contributed by atoms with Crippen molar-refractivity contribution in [2.75, 3.05) is 0 Å². The van der Waals surface area contributed by atoms with Crippen LogP contribution < -0.4 is 11.5 Å². The van der Waals surface area contributed by atoms with Crippen LogP contribution in [0.15, 0.2) is 30.3 Å². The van der Waals surface area contributed by atoms with Crippen LogP contribution >= 0.6 is 0 Å². The molecule has 0 spiro atoms. The van der Waals surface area contributed by atoms with Crippen LogP contribution in [-0.2, 0) is 14.4 Å². The van der Waals surface area contributed by atoms with E-state index in [1.807, 2.05) is 0 Å². The molecule has 0 aliphatic heterocycles. The van der Waals surface area contributed by atoms with Gasteiger partial charge in [-0.1, -0.05) is 128 Å². The first kappa shape index (κ1) is 36.5. The first-order valence-electron chi connectivity index (χ1n) is 16.4. The van der Waals surface area contributed by atoms with Crippen LogP contribution in [0.2, 0.25) is 0 Å². The van der Waals surface area contributed by atoms with Crippen molar-refractivity contribution in [3.63, 3.8) is 0 Å². The maximum absolute atomic E-state index is 13.8. The third-order valence-corrected chi connectivity index (χ3v) is 8.46. The van der Waals surface area contributed by atoms with Crippen LogP contribution in [0.5, 0.6) is 0 Å². The lowest BCUT2D eigenvalue weighted by atomic mass is 9.83. The zero-order valence-electron chi connectivity index (χ0n) is 26.5. The van der Waals surface area contributed by atoms with Crippen molar-refractivity contribution < 1.29 is 28.8 Å². The molecule has 2 aromatic rings. The molecule has 44 heavy (non-hydrogen) atoms. The smallest absolute Gasteiger partial charge is 0.228 e. The van der Waals surface area contributed by atoms with Crippen molar-refractivity contribution in [1.82, 2.24) is 0 Å². The minimum atomic E-state index is -1.12. The summed E-state index contributed by atoms with van der Waals surface area (Å²) >= 11 is 0. The Bertz CT molecular complexity index is 1300. The summed E-state index contributed by atoms with van der Waals surface area (Å²) in [6.07, 6.45) is 14.9. The van der Waals surface area contributed by atoms with E-state index in [9.17, 15) is 28.8 Å². The van der Waals surface area contributed by atoms with Gasteiger partial charge < -0.3 is 11.5 Å². The van der Waals surface area contributed by atoms with Gasteiger partial charge in [-0.25, -0.2) is 0 Å². The first-order chi connectivity index (χ1) is 21.2. The highest BCUT2D eigenvalue weighted by Gasteiger charge is 2.31. The second-order valence-electron chi connectivity index (χ2n) is 11.8. The van der Waals surface area contributed by atoms with Crippen LogP contribution in [0.25, 0.3) is 10.8 Å². The molecule has 8 heteroatoms. The van der Waals surface area contributed by atoms with E-state index >= 15 is 0 Å². The predicted molar refractivity (Wildman–Crippen MR) is 174 cm³/mol. The summed E-state index contributed by atoms with van der Waals surface area (Å²) in [7, 11) is 0. The van der Waals surface area contributed by atoms with Gasteiger partial charge in [-0.2, -0.15) is 0 Å². The molecule has 2 atom stereocenters. The molecule has 0 aliphatic rings. The van der Waals surface area contributed by atoms with Gasteiger partial charge in [0.15, 0.2) is 17.9 Å². The van der Waals surface area contributed by atoms with E-state index in [-0.39, 0.29) is 40.2 Å². The van der Waals surface area contributed by atoms with Gasteiger partial charge in [-0.15, -0.1) is 0 Å². The second kappa shape index (κ2) is 19.6. The van der Waals surface area contributed by atoms with Crippen LogP contribution in [-0.4, -0.2) is 35.5 Å². The molecule has 0 fully saturated rings. The lowest BCUT2D eigenvalue weighted by Gasteiger charge is -2.18. The molecule has 4 N–H and O–H groups in total. The zero-order chi connectivity index (χ0) is 32.5. The van der Waals surface area contributed by atoms with Crippen LogP contribution in [0.3, 0.4) is 0 Å². The number of carbonyl (C=O) groups excluding carboxylic acids is 6. The molecule has 0 aliphatic carbocycles. The van der Waals surface area contributed by atoms with E-state index in [2.05, 4.69) is 13.8 Å². The topological polar surface area (TPSA) is 154 Å². The van der Waals surface area contributed by atoms with E-state index in [1.54, 1.807) is 6.07 Å². The molecule has 2 aromatic carbocycles. The average Bonchev–Trinajstić information content (AvgIpc) is 3.01. The number of benzene rings is 2. The van der Waals surface area contributed by atoms with Crippen LogP contribution in [0.4, 0.5) is 0 Å². The van der Waals surface area contributed by atoms with Gasteiger partial charge in [0.05, 0.1) is 0 Å². The number of carbonyl (C=O) groups is 6. The van der Waals surface area contributed by atoms with Crippen molar-refractivity contribution in [3.05, 3.63) is 47.0 Å². The zero-order valence-corrected chi connectivity index (χ0v) is 26.5. The largest absolute Gasteiger partial charge is 0.369 e. The van der Waals surface area contributed by atoms with Crippen molar-refractivity contribution in [2.24, 2.45) is 23.3 Å². The van der Waals surface area contributed by atoms with E-state index in [0.717, 1.165) is 64.2 Å². The predicted octanol–water partition coefficient (Wildman–Crippen LogP) is 7.07. The van der Waals surface area contributed by atoms with Gasteiger partial charge in [0.25, 0.3) is 0 Å². The Balaban J connectivity index is 2.40. The van der Waals surface area contributed by atoms with E-state index < -0.39 is 41.0 Å². The summed E-state index contributed by atoms with van der Waals surface area (Å²) in [5.74, 6) is -5.63. The highest BCUT2D eigenvalue weighted by molar-refractivity contribution is 6.38. The minimum absolute atomic E-state index is 0.0387. The minimum Gasteiger partial charge on any atom is -0.369 e. The Hall–Kier alpha value is -3.68. The number of ketones is 3. The molecule has 2 rings (SSSR count). The molecule has 8 nitrogen and oxygen atoms in total. The highest BCUT2D eigenvalue weighted by Crippen LogP contribution is 2.32. The fourth-order valence-corrected chi connectivity index (χ4v) is 5.89. The number of hydrogen-bond acceptors (Lipinski definition) is 6. The normalized spacial score (nSPS) is 12.5. The van der Waals surface area contributed by atoms with Crippen molar-refractivity contribution in [1.29, 1.82) is 0 Å². The molecule has 240 valence electrons. The Kier molecular flexibility index (Phi) is 16.2. The van der Waals surface area contributed by atoms with Crippen molar-refractivity contribution in [2.45, 2.75) is 117 Å². The molecule has 0 heterocycles. The SMILES string of the molecule is CCCCCCCCCC(C(N)=O)C(=O)c1ccc(C(=O)C(CCCCCCCCC)C(N)=O)c2c(C(=O)C=O)cccc12. The van der Waals surface area contributed by atoms with Gasteiger partial charge in [-0.05, 0) is 24.3 Å². The molecular weight excluding hydrogens is 556 g/mol. The second-order valence-corrected chi connectivity index (χ2v) is 11.8. The van der Waals surface area contributed by atoms with Crippen molar-refractivity contribution >= 4 is 46.2 Å². The van der Waals surface area contributed by atoms with Gasteiger partial charge in [0.1, 0.15) is 11.8 Å². The summed E-state index contributed by atoms with van der Waals surface area (Å²) in [6, 6.07) is 7.33. The molecular formula is C36H50N2O6. The third kappa shape index (κ3) is 10.5. The third-order valence-electron chi connectivity index (χ3n) is 8.46. The first-order valence-corrected chi connectivity index (χ1v) is 16.4. The number of hydrogen-bond donors (Lipinski definition) is 2. The number of fused-ring (bicyclic) bond motifs is 1. The summed E-state index contributed by atoms with van der Waals surface area (Å²) in [5.41, 5.74) is 11.5. The summed E-state index contributed by atoms with van der Waals surface area (Å²) in [6.45, 7) is 4.30. The summed E-state index contributed by atoms with van der Waals surface area (Å²) < 4.78 is 0. The standard InChI is InChI=1S/C36H50N2O6/c1-3-5-7-9-11-13-15-18-29(35(37)43)33(41)26-22-23-28(32-25(26)20-17-21-27(32)31(40)24-39)34(42)30(36(38)44)19-16-14-12-10-8-6-4-2/h17,20-24,29-30H,3-16,18-19H2,1-2H3,(H2,37,43)(H2,38,44). The van der Waals surface area contributed by atoms with Gasteiger partial charge in [0.2, 0.25) is 17.6 Å².